The molecule has 4 aromatic rings. The predicted octanol–water partition coefficient (Wildman–Crippen LogP) is 7.19. The number of hydrogen-bond acceptors (Lipinski definition) is 8. The van der Waals surface area contributed by atoms with Gasteiger partial charge in [-0.25, -0.2) is 0 Å². The van der Waals surface area contributed by atoms with E-state index in [4.69, 9.17) is 4.74 Å². The van der Waals surface area contributed by atoms with Gasteiger partial charge in [0.15, 0.2) is 0 Å². The van der Waals surface area contributed by atoms with Gasteiger partial charge in [0, 0.05) is 62.6 Å². The van der Waals surface area contributed by atoms with Crippen molar-refractivity contribution < 1.29 is 29.0 Å². The van der Waals surface area contributed by atoms with Crippen LogP contribution < -0.4 is 15.0 Å². The third-order valence-corrected chi connectivity index (χ3v) is 13.4. The highest BCUT2D eigenvalue weighted by Gasteiger charge is 2.45. The zero-order valence-corrected chi connectivity index (χ0v) is 33.3. The summed E-state index contributed by atoms with van der Waals surface area (Å²) in [5.41, 5.74) is 7.04. The summed E-state index contributed by atoms with van der Waals surface area (Å²) in [5.74, 6) is 0.0896. The zero-order chi connectivity index (χ0) is 40.1. The summed E-state index contributed by atoms with van der Waals surface area (Å²) in [6, 6.07) is 30.9. The number of aryl methyl sites for hydroxylation is 1. The zero-order valence-electron chi connectivity index (χ0n) is 33.3. The van der Waals surface area contributed by atoms with Gasteiger partial charge < -0.3 is 14.7 Å². The summed E-state index contributed by atoms with van der Waals surface area (Å²) in [4.78, 5) is 56.7. The molecular weight excluding hydrogens is 729 g/mol. The number of piperidine rings is 2. The minimum atomic E-state index is -0.986. The van der Waals surface area contributed by atoms with E-state index in [0.717, 1.165) is 63.1 Å². The van der Waals surface area contributed by atoms with Crippen LogP contribution in [0.3, 0.4) is 0 Å². The van der Waals surface area contributed by atoms with Gasteiger partial charge >= 0.3 is 0 Å². The first-order chi connectivity index (χ1) is 28.1. The van der Waals surface area contributed by atoms with E-state index in [2.05, 4.69) is 89.6 Å². The second kappa shape index (κ2) is 15.7. The SMILES string of the molecule is CC(C)N(CC1CCN(c2ccc([C@@H]3c4ccc(O)cc4CC[C@@H]3c3ccccc3)cc2)CC1)C1CC(Oc2ccc3c(c2)C(=O)N(C2CCC(=O)NC2=O)C3=O)C1. The molecule has 9 rings (SSSR count). The van der Waals surface area contributed by atoms with Crippen molar-refractivity contribution in [2.45, 2.75) is 101 Å². The Morgan fingerprint density at radius 1 is 0.793 bits per heavy atom. The first-order valence-corrected chi connectivity index (χ1v) is 21.1. The van der Waals surface area contributed by atoms with E-state index in [1.807, 2.05) is 12.1 Å². The van der Waals surface area contributed by atoms with Gasteiger partial charge in [-0.2, -0.15) is 0 Å². The van der Waals surface area contributed by atoms with Crippen LogP contribution in [0.5, 0.6) is 11.5 Å². The summed E-state index contributed by atoms with van der Waals surface area (Å²) in [5, 5.41) is 12.5. The van der Waals surface area contributed by atoms with Crippen LogP contribution >= 0.6 is 0 Å². The highest BCUT2D eigenvalue weighted by atomic mass is 16.5. The first kappa shape index (κ1) is 38.1. The van der Waals surface area contributed by atoms with E-state index in [1.165, 1.54) is 27.9 Å². The largest absolute Gasteiger partial charge is 0.508 e. The molecule has 1 saturated carbocycles. The van der Waals surface area contributed by atoms with Gasteiger partial charge in [0.25, 0.3) is 11.8 Å². The Hall–Kier alpha value is -5.48. The Bertz CT molecular complexity index is 2210. The Morgan fingerprint density at radius 3 is 2.26 bits per heavy atom. The lowest BCUT2D eigenvalue weighted by Gasteiger charge is -2.46. The molecule has 58 heavy (non-hydrogen) atoms. The van der Waals surface area contributed by atoms with Crippen molar-refractivity contribution in [3.05, 3.63) is 124 Å². The number of nitrogens with one attached hydrogen (secondary N) is 1. The molecule has 2 aliphatic carbocycles. The maximum atomic E-state index is 13.3. The minimum absolute atomic E-state index is 0.0183. The van der Waals surface area contributed by atoms with Crippen molar-refractivity contribution in [1.29, 1.82) is 0 Å². The van der Waals surface area contributed by atoms with E-state index >= 15 is 0 Å². The van der Waals surface area contributed by atoms with Gasteiger partial charge in [-0.15, -0.1) is 0 Å². The molecule has 0 aromatic heterocycles. The number of aromatic hydroxyl groups is 1. The van der Waals surface area contributed by atoms with Gasteiger partial charge in [0.2, 0.25) is 11.8 Å². The van der Waals surface area contributed by atoms with Crippen LogP contribution in [-0.4, -0.2) is 82.4 Å². The van der Waals surface area contributed by atoms with Crippen molar-refractivity contribution in [2.24, 2.45) is 5.92 Å². The number of fused-ring (bicyclic) bond motifs is 2. The molecule has 4 amide bonds. The number of benzene rings is 4. The van der Waals surface area contributed by atoms with Crippen molar-refractivity contribution in [3.63, 3.8) is 0 Å². The van der Waals surface area contributed by atoms with Gasteiger partial charge in [0.1, 0.15) is 23.6 Å². The topological polar surface area (TPSA) is 119 Å². The van der Waals surface area contributed by atoms with Gasteiger partial charge in [-0.1, -0.05) is 48.5 Å². The summed E-state index contributed by atoms with van der Waals surface area (Å²) in [6.07, 6.45) is 6.33. The molecule has 3 aliphatic heterocycles. The highest BCUT2D eigenvalue weighted by Crippen LogP contribution is 2.47. The molecular formula is C48H52N4O6. The quantitative estimate of drug-likeness (QED) is 0.163. The van der Waals surface area contributed by atoms with E-state index in [9.17, 15) is 24.3 Å². The van der Waals surface area contributed by atoms with Crippen molar-refractivity contribution >= 4 is 29.3 Å². The molecule has 2 saturated heterocycles. The fourth-order valence-electron chi connectivity index (χ4n) is 10.2. The van der Waals surface area contributed by atoms with Crippen LogP contribution in [0.4, 0.5) is 5.69 Å². The van der Waals surface area contributed by atoms with E-state index in [0.29, 0.717) is 35.4 Å². The Labute approximate surface area is 340 Å². The molecule has 3 atom stereocenters. The number of phenolic OH excluding ortho intramolecular Hbond substituents is 1. The first-order valence-electron chi connectivity index (χ1n) is 21.1. The number of carbonyl (C=O) groups is 4. The second-order valence-corrected chi connectivity index (χ2v) is 17.2. The number of anilines is 1. The molecule has 3 heterocycles. The van der Waals surface area contributed by atoms with Crippen molar-refractivity contribution in [2.75, 3.05) is 24.5 Å². The summed E-state index contributed by atoms with van der Waals surface area (Å²) >= 11 is 0. The molecule has 2 N–H and O–H groups in total. The molecule has 3 fully saturated rings. The maximum Gasteiger partial charge on any atom is 0.262 e. The molecule has 0 bridgehead atoms. The fraction of sp³-hybridized carbons (Fsp3) is 0.417. The lowest BCUT2D eigenvalue weighted by atomic mass is 9.69. The van der Waals surface area contributed by atoms with Crippen LogP contribution in [0.1, 0.15) is 114 Å². The monoisotopic (exact) mass is 780 g/mol. The number of carbonyl (C=O) groups excluding carboxylic acids is 4. The summed E-state index contributed by atoms with van der Waals surface area (Å²) < 4.78 is 6.34. The van der Waals surface area contributed by atoms with Crippen LogP contribution in [0.2, 0.25) is 0 Å². The number of phenols is 1. The van der Waals surface area contributed by atoms with Crippen LogP contribution in [-0.2, 0) is 16.0 Å². The van der Waals surface area contributed by atoms with Gasteiger partial charge in [-0.3, -0.25) is 34.3 Å². The van der Waals surface area contributed by atoms with E-state index < -0.39 is 29.7 Å². The lowest BCUT2D eigenvalue weighted by Crippen LogP contribution is -2.54. The van der Waals surface area contributed by atoms with Crippen LogP contribution in [0.25, 0.3) is 0 Å². The number of amides is 4. The van der Waals surface area contributed by atoms with Gasteiger partial charge in [-0.05, 0) is 123 Å². The molecule has 0 radical (unpaired) electrons. The third-order valence-electron chi connectivity index (χ3n) is 13.4. The molecule has 4 aromatic carbocycles. The standard InChI is InChI=1S/C48H52N4O6/c1-29(2)51(35-25-38(26-35)58-37-14-17-41-42(27-37)48(57)52(47(41)56)43-18-19-44(54)49-46(43)55)28-30-20-22-50(23-21-30)34-11-8-32(9-12-34)45-39(31-6-4-3-5-7-31)15-10-33-24-36(53)13-16-40(33)45/h3-9,11-14,16-17,24,27,29-30,35,38-39,43,45,53H,10,15,18-23,25-26,28H2,1-2H3,(H,49,54,55)/t35?,38?,39-,43?,45+/m1/s1. The lowest BCUT2D eigenvalue weighted by molar-refractivity contribution is -0.136. The molecule has 5 aliphatic rings. The Morgan fingerprint density at radius 2 is 1.53 bits per heavy atom. The molecule has 10 nitrogen and oxygen atoms in total. The summed E-state index contributed by atoms with van der Waals surface area (Å²) in [7, 11) is 0. The number of imide groups is 2. The summed E-state index contributed by atoms with van der Waals surface area (Å²) in [6.45, 7) is 7.68. The smallest absolute Gasteiger partial charge is 0.262 e. The van der Waals surface area contributed by atoms with Crippen molar-refractivity contribution in [1.82, 2.24) is 15.1 Å². The van der Waals surface area contributed by atoms with E-state index in [1.54, 1.807) is 18.2 Å². The van der Waals surface area contributed by atoms with Gasteiger partial charge in [0.05, 0.1) is 11.1 Å². The molecule has 1 unspecified atom stereocenters. The second-order valence-electron chi connectivity index (χ2n) is 17.2. The Balaban J connectivity index is 0.789. The average Bonchev–Trinajstić information content (AvgIpc) is 3.46. The molecule has 10 heteroatoms. The van der Waals surface area contributed by atoms with E-state index in [-0.39, 0.29) is 36.0 Å². The van der Waals surface area contributed by atoms with Crippen molar-refractivity contribution in [3.8, 4) is 11.5 Å². The van der Waals surface area contributed by atoms with Crippen LogP contribution in [0, 0.1) is 5.92 Å². The number of hydrogen-bond donors (Lipinski definition) is 2. The Kier molecular flexibility index (Phi) is 10.3. The molecule has 300 valence electrons. The normalized spacial score (nSPS) is 24.8. The fourth-order valence-corrected chi connectivity index (χ4v) is 10.2. The highest BCUT2D eigenvalue weighted by molar-refractivity contribution is 6.23. The number of ether oxygens (including phenoxy) is 1. The number of rotatable bonds is 10. The third kappa shape index (κ3) is 7.27. The maximum absolute atomic E-state index is 13.3. The van der Waals surface area contributed by atoms with Crippen LogP contribution in [0.15, 0.2) is 91.0 Å². The molecule has 0 spiro atoms. The average molecular weight is 781 g/mol. The predicted molar refractivity (Wildman–Crippen MR) is 221 cm³/mol. The number of nitrogens with zero attached hydrogens (tertiary/aromatic N) is 3. The minimum Gasteiger partial charge on any atom is -0.508 e.